The number of aryl methyl sites for hydroxylation is 1. The number of nitrogens with two attached hydrogens (primary N) is 1. The smallest absolute Gasteiger partial charge is 0.262 e. The first-order chi connectivity index (χ1) is 13.8. The fourth-order valence-corrected chi connectivity index (χ4v) is 2.81. The summed E-state index contributed by atoms with van der Waals surface area (Å²) in [5, 5.41) is 5.67. The SMILES string of the molecule is Cc1ccc(NC(=O)COc2ccc(CCNC(=O)[C@@H](N)CC(C)C)cc2)cc1. The van der Waals surface area contributed by atoms with Crippen molar-refractivity contribution in [3.05, 3.63) is 59.7 Å². The average molecular weight is 398 g/mol. The first kappa shape index (κ1) is 22.4. The van der Waals surface area contributed by atoms with Crippen LogP contribution in [0.15, 0.2) is 48.5 Å². The van der Waals surface area contributed by atoms with E-state index in [0.717, 1.165) is 16.8 Å². The van der Waals surface area contributed by atoms with Crippen LogP contribution in [0, 0.1) is 12.8 Å². The molecule has 2 amide bonds. The molecule has 0 saturated heterocycles. The summed E-state index contributed by atoms with van der Waals surface area (Å²) in [6.45, 7) is 6.56. The first-order valence-corrected chi connectivity index (χ1v) is 9.95. The van der Waals surface area contributed by atoms with E-state index in [0.29, 0.717) is 31.1 Å². The van der Waals surface area contributed by atoms with E-state index in [2.05, 4.69) is 10.6 Å². The second-order valence-electron chi connectivity index (χ2n) is 7.62. The number of hydrogen-bond donors (Lipinski definition) is 3. The quantitative estimate of drug-likeness (QED) is 0.574. The molecule has 1 atom stereocenters. The second-order valence-corrected chi connectivity index (χ2v) is 7.62. The molecule has 0 radical (unpaired) electrons. The molecular weight excluding hydrogens is 366 g/mol. The maximum atomic E-state index is 12.0. The predicted octanol–water partition coefficient (Wildman–Crippen LogP) is 3.04. The fraction of sp³-hybridized carbons (Fsp3) is 0.391. The molecule has 2 aromatic carbocycles. The van der Waals surface area contributed by atoms with Gasteiger partial charge in [-0.05, 0) is 55.5 Å². The van der Waals surface area contributed by atoms with Crippen LogP contribution in [0.3, 0.4) is 0 Å². The molecule has 0 aliphatic heterocycles. The fourth-order valence-electron chi connectivity index (χ4n) is 2.81. The Balaban J connectivity index is 1.70. The van der Waals surface area contributed by atoms with Gasteiger partial charge in [-0.25, -0.2) is 0 Å². The highest BCUT2D eigenvalue weighted by molar-refractivity contribution is 5.91. The van der Waals surface area contributed by atoms with Crippen molar-refractivity contribution in [1.82, 2.24) is 5.32 Å². The van der Waals surface area contributed by atoms with Gasteiger partial charge < -0.3 is 21.1 Å². The molecule has 0 aliphatic carbocycles. The van der Waals surface area contributed by atoms with Crippen molar-refractivity contribution < 1.29 is 14.3 Å². The third-order valence-corrected chi connectivity index (χ3v) is 4.40. The van der Waals surface area contributed by atoms with Crippen LogP contribution in [-0.4, -0.2) is 31.0 Å². The molecule has 0 spiro atoms. The van der Waals surface area contributed by atoms with E-state index in [1.165, 1.54) is 0 Å². The van der Waals surface area contributed by atoms with Gasteiger partial charge in [0.1, 0.15) is 5.75 Å². The lowest BCUT2D eigenvalue weighted by molar-refractivity contribution is -0.122. The number of benzene rings is 2. The Morgan fingerprint density at radius 3 is 2.31 bits per heavy atom. The van der Waals surface area contributed by atoms with Gasteiger partial charge in [-0.2, -0.15) is 0 Å². The zero-order valence-electron chi connectivity index (χ0n) is 17.4. The molecule has 0 aliphatic rings. The summed E-state index contributed by atoms with van der Waals surface area (Å²) in [6, 6.07) is 14.6. The van der Waals surface area contributed by atoms with Crippen LogP contribution in [0.4, 0.5) is 5.69 Å². The van der Waals surface area contributed by atoms with Crippen molar-refractivity contribution in [1.29, 1.82) is 0 Å². The van der Waals surface area contributed by atoms with Crippen molar-refractivity contribution in [2.75, 3.05) is 18.5 Å². The van der Waals surface area contributed by atoms with Gasteiger partial charge in [-0.1, -0.05) is 43.7 Å². The van der Waals surface area contributed by atoms with E-state index < -0.39 is 6.04 Å². The van der Waals surface area contributed by atoms with E-state index in [1.807, 2.05) is 69.3 Å². The molecule has 2 aromatic rings. The van der Waals surface area contributed by atoms with E-state index in [-0.39, 0.29) is 18.4 Å². The minimum atomic E-state index is -0.461. The number of rotatable bonds is 10. The number of nitrogens with one attached hydrogen (secondary N) is 2. The Morgan fingerprint density at radius 2 is 1.69 bits per heavy atom. The molecule has 0 aromatic heterocycles. The van der Waals surface area contributed by atoms with Crippen molar-refractivity contribution >= 4 is 17.5 Å². The van der Waals surface area contributed by atoms with Crippen LogP contribution < -0.4 is 21.1 Å². The highest BCUT2D eigenvalue weighted by atomic mass is 16.5. The summed E-state index contributed by atoms with van der Waals surface area (Å²) in [5.74, 6) is 0.690. The standard InChI is InChI=1S/C23H31N3O3/c1-16(2)14-21(24)23(28)25-13-12-18-6-10-20(11-7-18)29-15-22(27)26-19-8-4-17(3)5-9-19/h4-11,16,21H,12-15,24H2,1-3H3,(H,25,28)(H,26,27)/t21-/m0/s1. The lowest BCUT2D eigenvalue weighted by Gasteiger charge is -2.14. The Labute approximate surface area is 172 Å². The van der Waals surface area contributed by atoms with Crippen LogP contribution >= 0.6 is 0 Å². The average Bonchev–Trinajstić information content (AvgIpc) is 2.68. The molecule has 2 rings (SSSR count). The molecule has 6 heteroatoms. The summed E-state index contributed by atoms with van der Waals surface area (Å²) in [4.78, 5) is 23.9. The summed E-state index contributed by atoms with van der Waals surface area (Å²) < 4.78 is 5.53. The molecule has 6 nitrogen and oxygen atoms in total. The van der Waals surface area contributed by atoms with Gasteiger partial charge in [0.25, 0.3) is 5.91 Å². The number of hydrogen-bond acceptors (Lipinski definition) is 4. The van der Waals surface area contributed by atoms with Crippen molar-refractivity contribution in [2.24, 2.45) is 11.7 Å². The predicted molar refractivity (Wildman–Crippen MR) is 116 cm³/mol. The molecule has 0 fully saturated rings. The van der Waals surface area contributed by atoms with Crippen LogP contribution in [0.2, 0.25) is 0 Å². The summed E-state index contributed by atoms with van der Waals surface area (Å²) >= 11 is 0. The van der Waals surface area contributed by atoms with Gasteiger partial charge in [0.2, 0.25) is 5.91 Å². The molecule has 0 heterocycles. The summed E-state index contributed by atoms with van der Waals surface area (Å²) in [5.41, 5.74) is 8.82. The van der Waals surface area contributed by atoms with E-state index in [9.17, 15) is 9.59 Å². The van der Waals surface area contributed by atoms with Gasteiger partial charge in [0.15, 0.2) is 6.61 Å². The maximum absolute atomic E-state index is 12.0. The largest absolute Gasteiger partial charge is 0.484 e. The zero-order valence-corrected chi connectivity index (χ0v) is 17.4. The van der Waals surface area contributed by atoms with Gasteiger partial charge >= 0.3 is 0 Å². The molecule has 4 N–H and O–H groups in total. The van der Waals surface area contributed by atoms with Gasteiger partial charge in [-0.3, -0.25) is 9.59 Å². The monoisotopic (exact) mass is 397 g/mol. The maximum Gasteiger partial charge on any atom is 0.262 e. The van der Waals surface area contributed by atoms with Crippen LogP contribution in [0.1, 0.15) is 31.4 Å². The lowest BCUT2D eigenvalue weighted by atomic mass is 10.0. The molecule has 0 saturated carbocycles. The molecule has 29 heavy (non-hydrogen) atoms. The Morgan fingerprint density at radius 1 is 1.03 bits per heavy atom. The Hall–Kier alpha value is -2.86. The molecule has 0 unspecified atom stereocenters. The van der Waals surface area contributed by atoms with Gasteiger partial charge in [-0.15, -0.1) is 0 Å². The third-order valence-electron chi connectivity index (χ3n) is 4.40. The molecular formula is C23H31N3O3. The van der Waals surface area contributed by atoms with Gasteiger partial charge in [0.05, 0.1) is 6.04 Å². The Bertz CT molecular complexity index is 786. The number of carbonyl (C=O) groups excluding carboxylic acids is 2. The van der Waals surface area contributed by atoms with Crippen molar-refractivity contribution in [3.8, 4) is 5.75 Å². The minimum Gasteiger partial charge on any atom is -0.484 e. The van der Waals surface area contributed by atoms with Gasteiger partial charge in [0, 0.05) is 12.2 Å². The van der Waals surface area contributed by atoms with Crippen molar-refractivity contribution in [3.63, 3.8) is 0 Å². The minimum absolute atomic E-state index is 0.0585. The number of ether oxygens (including phenoxy) is 1. The highest BCUT2D eigenvalue weighted by Crippen LogP contribution is 2.13. The first-order valence-electron chi connectivity index (χ1n) is 9.95. The normalized spacial score (nSPS) is 11.8. The van der Waals surface area contributed by atoms with Crippen molar-refractivity contribution in [2.45, 2.75) is 39.7 Å². The van der Waals surface area contributed by atoms with Crippen LogP contribution in [0.5, 0.6) is 5.75 Å². The summed E-state index contributed by atoms with van der Waals surface area (Å²) in [7, 11) is 0. The third kappa shape index (κ3) is 8.35. The number of carbonyl (C=O) groups is 2. The Kier molecular flexibility index (Phi) is 8.68. The zero-order chi connectivity index (χ0) is 21.2. The second kappa shape index (κ2) is 11.2. The number of anilines is 1. The topological polar surface area (TPSA) is 93.5 Å². The van der Waals surface area contributed by atoms with E-state index in [4.69, 9.17) is 10.5 Å². The van der Waals surface area contributed by atoms with Crippen LogP contribution in [-0.2, 0) is 16.0 Å². The van der Waals surface area contributed by atoms with E-state index >= 15 is 0 Å². The highest BCUT2D eigenvalue weighted by Gasteiger charge is 2.14. The van der Waals surface area contributed by atoms with E-state index in [1.54, 1.807) is 0 Å². The molecule has 0 bridgehead atoms. The number of amides is 2. The lowest BCUT2D eigenvalue weighted by Crippen LogP contribution is -2.42. The molecule has 156 valence electrons. The summed E-state index contributed by atoms with van der Waals surface area (Å²) in [6.07, 6.45) is 1.38. The van der Waals surface area contributed by atoms with Crippen LogP contribution in [0.25, 0.3) is 0 Å².